The second-order valence-corrected chi connectivity index (χ2v) is 4.18. The fourth-order valence-electron chi connectivity index (χ4n) is 2.18. The zero-order valence-electron chi connectivity index (χ0n) is 10.3. The number of hydrogen-bond acceptors (Lipinski definition) is 1. The lowest BCUT2D eigenvalue weighted by molar-refractivity contribution is 1.14. The van der Waals surface area contributed by atoms with Gasteiger partial charge >= 0.3 is 0 Å². The lowest BCUT2D eigenvalue weighted by Crippen LogP contribution is -1.87. The van der Waals surface area contributed by atoms with Crippen LogP contribution >= 0.6 is 0 Å². The molecule has 0 spiro atoms. The Morgan fingerprint density at radius 1 is 1.12 bits per heavy atom. The van der Waals surface area contributed by atoms with Gasteiger partial charge in [0.05, 0.1) is 0 Å². The summed E-state index contributed by atoms with van der Waals surface area (Å²) in [7, 11) is 0. The van der Waals surface area contributed by atoms with Crippen molar-refractivity contribution < 1.29 is 0 Å². The number of nitrogens with zero attached hydrogens (tertiary/aromatic N) is 1. The first-order valence-electron chi connectivity index (χ1n) is 6.19. The highest BCUT2D eigenvalue weighted by Crippen LogP contribution is 2.43. The van der Waals surface area contributed by atoms with Crippen LogP contribution < -0.4 is 0 Å². The lowest BCUT2D eigenvalue weighted by Gasteiger charge is -2.07. The van der Waals surface area contributed by atoms with Gasteiger partial charge in [-0.3, -0.25) is 4.98 Å². The van der Waals surface area contributed by atoms with E-state index in [0.29, 0.717) is 0 Å². The summed E-state index contributed by atoms with van der Waals surface area (Å²) < 4.78 is 0. The topological polar surface area (TPSA) is 12.9 Å². The molecule has 0 radical (unpaired) electrons. The van der Waals surface area contributed by atoms with Crippen LogP contribution in [0.2, 0.25) is 0 Å². The second kappa shape index (κ2) is 4.65. The van der Waals surface area contributed by atoms with E-state index in [0.717, 1.165) is 5.92 Å². The number of rotatable bonds is 1. The second-order valence-electron chi connectivity index (χ2n) is 4.18. The van der Waals surface area contributed by atoms with Crippen LogP contribution in [-0.4, -0.2) is 4.98 Å². The molecule has 1 aliphatic rings. The van der Waals surface area contributed by atoms with Crippen molar-refractivity contribution in [3.05, 3.63) is 41.7 Å². The highest BCUT2D eigenvalue weighted by atomic mass is 14.6. The molecule has 1 aliphatic carbocycles. The first-order valence-corrected chi connectivity index (χ1v) is 6.19. The molecule has 1 heterocycles. The van der Waals surface area contributed by atoms with Crippen LogP contribution in [0.15, 0.2) is 30.6 Å². The minimum Gasteiger partial charge on any atom is -0.264 e. The third-order valence-electron chi connectivity index (χ3n) is 3.02. The molecule has 0 atom stereocenters. The van der Waals surface area contributed by atoms with Gasteiger partial charge in [0.25, 0.3) is 0 Å². The Bertz CT molecular complexity index is 479. The van der Waals surface area contributed by atoms with E-state index in [4.69, 9.17) is 0 Å². The van der Waals surface area contributed by atoms with Gasteiger partial charge in [0.1, 0.15) is 0 Å². The SMILES string of the molecule is CC.Cc1cncc2cccc(C3CC3)c12. The molecule has 1 aromatic heterocycles. The smallest absolute Gasteiger partial charge is 0.0346 e. The summed E-state index contributed by atoms with van der Waals surface area (Å²) in [5.41, 5.74) is 2.84. The van der Waals surface area contributed by atoms with Crippen LogP contribution in [0.25, 0.3) is 10.8 Å². The van der Waals surface area contributed by atoms with Crippen LogP contribution in [0.5, 0.6) is 0 Å². The molecule has 0 bridgehead atoms. The Balaban J connectivity index is 0.000000457. The molecule has 0 saturated heterocycles. The number of pyridine rings is 1. The number of aromatic nitrogens is 1. The predicted octanol–water partition coefficient (Wildman–Crippen LogP) is 4.45. The van der Waals surface area contributed by atoms with Crippen molar-refractivity contribution in [3.8, 4) is 0 Å². The van der Waals surface area contributed by atoms with E-state index in [2.05, 4.69) is 30.1 Å². The van der Waals surface area contributed by atoms with Gasteiger partial charge in [0, 0.05) is 17.8 Å². The largest absolute Gasteiger partial charge is 0.264 e. The van der Waals surface area contributed by atoms with E-state index < -0.39 is 0 Å². The van der Waals surface area contributed by atoms with Crippen LogP contribution in [0.4, 0.5) is 0 Å². The molecular formula is C15H19N. The first kappa shape index (κ1) is 11.1. The van der Waals surface area contributed by atoms with Gasteiger partial charge in [-0.15, -0.1) is 0 Å². The van der Waals surface area contributed by atoms with Gasteiger partial charge in [-0.2, -0.15) is 0 Å². The van der Waals surface area contributed by atoms with Crippen molar-refractivity contribution >= 4 is 10.8 Å². The standard InChI is InChI=1S/C13H13N.C2H6/c1-9-7-14-8-11-3-2-4-12(13(9)11)10-5-6-10;1-2/h2-4,7-8,10H,5-6H2,1H3;1-2H3. The summed E-state index contributed by atoms with van der Waals surface area (Å²) in [4.78, 5) is 4.23. The van der Waals surface area contributed by atoms with Crippen LogP contribution in [0.1, 0.15) is 43.7 Å². The van der Waals surface area contributed by atoms with Crippen molar-refractivity contribution in [2.45, 2.75) is 39.5 Å². The van der Waals surface area contributed by atoms with E-state index in [9.17, 15) is 0 Å². The van der Waals surface area contributed by atoms with Gasteiger partial charge in [-0.25, -0.2) is 0 Å². The van der Waals surface area contributed by atoms with E-state index in [-0.39, 0.29) is 0 Å². The highest BCUT2D eigenvalue weighted by Gasteiger charge is 2.25. The average molecular weight is 213 g/mol. The van der Waals surface area contributed by atoms with E-state index >= 15 is 0 Å². The monoisotopic (exact) mass is 213 g/mol. The molecule has 1 fully saturated rings. The molecular weight excluding hydrogens is 194 g/mol. The van der Waals surface area contributed by atoms with Crippen molar-refractivity contribution in [3.63, 3.8) is 0 Å². The molecule has 1 saturated carbocycles. The molecule has 3 rings (SSSR count). The van der Waals surface area contributed by atoms with E-state index in [1.54, 1.807) is 0 Å². The Hall–Kier alpha value is -1.37. The van der Waals surface area contributed by atoms with Gasteiger partial charge in [-0.1, -0.05) is 32.0 Å². The van der Waals surface area contributed by atoms with Crippen molar-refractivity contribution in [1.82, 2.24) is 4.98 Å². The third kappa shape index (κ3) is 1.95. The highest BCUT2D eigenvalue weighted by molar-refractivity contribution is 5.88. The Kier molecular flexibility index (Phi) is 3.23. The molecule has 2 aromatic rings. The maximum Gasteiger partial charge on any atom is 0.0346 e. The molecule has 0 N–H and O–H groups in total. The molecule has 0 aliphatic heterocycles. The van der Waals surface area contributed by atoms with Crippen LogP contribution in [0, 0.1) is 6.92 Å². The normalized spacial score (nSPS) is 14.4. The predicted molar refractivity (Wildman–Crippen MR) is 69.8 cm³/mol. The zero-order valence-corrected chi connectivity index (χ0v) is 10.3. The molecule has 0 unspecified atom stereocenters. The summed E-state index contributed by atoms with van der Waals surface area (Å²) in [5.74, 6) is 0.819. The van der Waals surface area contributed by atoms with E-state index in [1.165, 1.54) is 34.7 Å². The van der Waals surface area contributed by atoms with Gasteiger partial charge in [0.15, 0.2) is 0 Å². The summed E-state index contributed by atoms with van der Waals surface area (Å²) in [5, 5.41) is 2.72. The van der Waals surface area contributed by atoms with Crippen LogP contribution in [-0.2, 0) is 0 Å². The fraction of sp³-hybridized carbons (Fsp3) is 0.400. The third-order valence-corrected chi connectivity index (χ3v) is 3.02. The maximum atomic E-state index is 4.23. The number of aryl methyl sites for hydroxylation is 1. The summed E-state index contributed by atoms with van der Waals surface area (Å²) in [6, 6.07) is 6.57. The quantitative estimate of drug-likeness (QED) is 0.682. The number of fused-ring (bicyclic) bond motifs is 1. The molecule has 84 valence electrons. The van der Waals surface area contributed by atoms with Crippen molar-refractivity contribution in [2.24, 2.45) is 0 Å². The zero-order chi connectivity index (χ0) is 11.5. The fourth-order valence-corrected chi connectivity index (χ4v) is 2.18. The molecule has 1 aromatic carbocycles. The molecule has 1 heteroatoms. The molecule has 1 nitrogen and oxygen atoms in total. The molecule has 0 amide bonds. The summed E-state index contributed by atoms with van der Waals surface area (Å²) in [6.07, 6.45) is 6.66. The Labute approximate surface area is 97.5 Å². The Morgan fingerprint density at radius 2 is 1.88 bits per heavy atom. The lowest BCUT2D eigenvalue weighted by atomic mass is 9.99. The van der Waals surface area contributed by atoms with Crippen molar-refractivity contribution in [1.29, 1.82) is 0 Å². The summed E-state index contributed by atoms with van der Waals surface area (Å²) in [6.45, 7) is 6.15. The average Bonchev–Trinajstić information content (AvgIpc) is 3.15. The van der Waals surface area contributed by atoms with Gasteiger partial charge < -0.3 is 0 Å². The van der Waals surface area contributed by atoms with E-state index in [1.807, 2.05) is 26.2 Å². The number of hydrogen-bond donors (Lipinski definition) is 0. The summed E-state index contributed by atoms with van der Waals surface area (Å²) >= 11 is 0. The van der Waals surface area contributed by atoms with Gasteiger partial charge in [0.2, 0.25) is 0 Å². The van der Waals surface area contributed by atoms with Crippen molar-refractivity contribution in [2.75, 3.05) is 0 Å². The number of benzene rings is 1. The van der Waals surface area contributed by atoms with Gasteiger partial charge in [-0.05, 0) is 42.2 Å². The minimum absolute atomic E-state index is 0.819. The Morgan fingerprint density at radius 3 is 2.56 bits per heavy atom. The minimum atomic E-state index is 0.819. The molecule has 16 heavy (non-hydrogen) atoms. The maximum absolute atomic E-state index is 4.23. The van der Waals surface area contributed by atoms with Crippen LogP contribution in [0.3, 0.4) is 0 Å². The first-order chi connectivity index (χ1) is 7.86.